The highest BCUT2D eigenvalue weighted by atomic mass is 79.9. The molecule has 0 aliphatic heterocycles. The Kier molecular flexibility index (Phi) is 4.10. The molecule has 0 radical (unpaired) electrons. The topological polar surface area (TPSA) is 29.3 Å². The first-order chi connectivity index (χ1) is 8.11. The SMILES string of the molecule is CCN(CC1CC1)c1cc(Br)ccc1C(C)N. The molecule has 0 spiro atoms. The van der Waals surface area contributed by atoms with E-state index >= 15 is 0 Å². The summed E-state index contributed by atoms with van der Waals surface area (Å²) in [5, 5.41) is 0. The lowest BCUT2D eigenvalue weighted by molar-refractivity contribution is 0.725. The molecule has 0 aromatic heterocycles. The fourth-order valence-corrected chi connectivity index (χ4v) is 2.53. The average Bonchev–Trinajstić information content (AvgIpc) is 3.09. The molecule has 0 heterocycles. The summed E-state index contributed by atoms with van der Waals surface area (Å²) in [6.07, 6.45) is 2.77. The van der Waals surface area contributed by atoms with E-state index in [2.05, 4.69) is 52.9 Å². The van der Waals surface area contributed by atoms with Gasteiger partial charge in [0.2, 0.25) is 0 Å². The van der Waals surface area contributed by atoms with Gasteiger partial charge in [0, 0.05) is 29.3 Å². The predicted molar refractivity (Wildman–Crippen MR) is 77.4 cm³/mol. The van der Waals surface area contributed by atoms with Crippen molar-refractivity contribution in [1.82, 2.24) is 0 Å². The summed E-state index contributed by atoms with van der Waals surface area (Å²) in [4.78, 5) is 2.46. The maximum absolute atomic E-state index is 6.06. The van der Waals surface area contributed by atoms with Gasteiger partial charge in [-0.05, 0) is 50.3 Å². The van der Waals surface area contributed by atoms with Crippen molar-refractivity contribution in [3.05, 3.63) is 28.2 Å². The molecule has 3 heteroatoms. The van der Waals surface area contributed by atoms with Crippen LogP contribution in [0.2, 0.25) is 0 Å². The lowest BCUT2D eigenvalue weighted by Gasteiger charge is -2.27. The summed E-state index contributed by atoms with van der Waals surface area (Å²) < 4.78 is 1.13. The van der Waals surface area contributed by atoms with E-state index < -0.39 is 0 Å². The van der Waals surface area contributed by atoms with E-state index in [1.54, 1.807) is 0 Å². The highest BCUT2D eigenvalue weighted by Gasteiger charge is 2.25. The van der Waals surface area contributed by atoms with E-state index in [0.29, 0.717) is 0 Å². The van der Waals surface area contributed by atoms with Crippen LogP contribution in [0.4, 0.5) is 5.69 Å². The Morgan fingerprint density at radius 3 is 2.71 bits per heavy atom. The number of rotatable bonds is 5. The number of nitrogens with two attached hydrogens (primary N) is 1. The molecule has 1 saturated carbocycles. The van der Waals surface area contributed by atoms with E-state index in [9.17, 15) is 0 Å². The number of nitrogens with zero attached hydrogens (tertiary/aromatic N) is 1. The van der Waals surface area contributed by atoms with Gasteiger partial charge in [-0.1, -0.05) is 22.0 Å². The minimum atomic E-state index is 0.0892. The molecule has 2 N–H and O–H groups in total. The molecule has 2 rings (SSSR count). The van der Waals surface area contributed by atoms with Crippen molar-refractivity contribution in [2.45, 2.75) is 32.7 Å². The zero-order valence-corrected chi connectivity index (χ0v) is 12.2. The Bertz CT molecular complexity index is 386. The second kappa shape index (κ2) is 5.40. The number of hydrogen-bond acceptors (Lipinski definition) is 2. The molecule has 1 atom stereocenters. The number of anilines is 1. The summed E-state index contributed by atoms with van der Waals surface area (Å²) in [6, 6.07) is 6.50. The Labute approximate surface area is 112 Å². The van der Waals surface area contributed by atoms with Crippen molar-refractivity contribution in [3.8, 4) is 0 Å². The molecule has 17 heavy (non-hydrogen) atoms. The van der Waals surface area contributed by atoms with Crippen molar-refractivity contribution in [2.24, 2.45) is 11.7 Å². The van der Waals surface area contributed by atoms with Crippen molar-refractivity contribution in [2.75, 3.05) is 18.0 Å². The molecular formula is C14H21BrN2. The number of hydrogen-bond donors (Lipinski definition) is 1. The van der Waals surface area contributed by atoms with E-state index in [-0.39, 0.29) is 6.04 Å². The van der Waals surface area contributed by atoms with Crippen molar-refractivity contribution in [1.29, 1.82) is 0 Å². The molecule has 1 aromatic rings. The van der Waals surface area contributed by atoms with Crippen LogP contribution in [0.5, 0.6) is 0 Å². The highest BCUT2D eigenvalue weighted by Crippen LogP contribution is 2.34. The molecule has 94 valence electrons. The summed E-state index contributed by atoms with van der Waals surface area (Å²) in [6.45, 7) is 6.49. The monoisotopic (exact) mass is 296 g/mol. The molecule has 0 saturated heterocycles. The van der Waals surface area contributed by atoms with Crippen LogP contribution in [0.3, 0.4) is 0 Å². The molecular weight excluding hydrogens is 276 g/mol. The standard InChI is InChI=1S/C14H21BrN2/c1-3-17(9-11-4-5-11)14-8-12(15)6-7-13(14)10(2)16/h6-8,10-11H,3-5,9,16H2,1-2H3. The molecule has 1 aliphatic carbocycles. The van der Waals surface area contributed by atoms with Crippen LogP contribution in [0.25, 0.3) is 0 Å². The van der Waals surface area contributed by atoms with E-state index in [1.807, 2.05) is 0 Å². The smallest absolute Gasteiger partial charge is 0.0425 e. The van der Waals surface area contributed by atoms with Gasteiger partial charge in [0.15, 0.2) is 0 Å². The summed E-state index contributed by atoms with van der Waals surface area (Å²) in [7, 11) is 0. The van der Waals surface area contributed by atoms with Crippen molar-refractivity contribution in [3.63, 3.8) is 0 Å². The third-order valence-corrected chi connectivity index (χ3v) is 3.87. The summed E-state index contributed by atoms with van der Waals surface area (Å²) >= 11 is 3.56. The Hall–Kier alpha value is -0.540. The molecule has 2 nitrogen and oxygen atoms in total. The van der Waals surface area contributed by atoms with Gasteiger partial charge in [0.05, 0.1) is 0 Å². The minimum Gasteiger partial charge on any atom is -0.371 e. The maximum Gasteiger partial charge on any atom is 0.0425 e. The molecule has 1 aliphatic rings. The number of halogens is 1. The fraction of sp³-hybridized carbons (Fsp3) is 0.571. The summed E-state index contributed by atoms with van der Waals surface area (Å²) in [5.74, 6) is 0.898. The van der Waals surface area contributed by atoms with Gasteiger partial charge in [-0.15, -0.1) is 0 Å². The van der Waals surface area contributed by atoms with Gasteiger partial charge >= 0.3 is 0 Å². The zero-order chi connectivity index (χ0) is 12.4. The Morgan fingerprint density at radius 2 is 2.18 bits per heavy atom. The van der Waals surface area contributed by atoms with Crippen molar-refractivity contribution >= 4 is 21.6 Å². The molecule has 1 unspecified atom stereocenters. The first-order valence-corrected chi connectivity index (χ1v) is 7.21. The van der Waals surface area contributed by atoms with Gasteiger partial charge in [-0.25, -0.2) is 0 Å². The van der Waals surface area contributed by atoms with Gasteiger partial charge < -0.3 is 10.6 Å². The third kappa shape index (κ3) is 3.23. The van der Waals surface area contributed by atoms with Gasteiger partial charge in [-0.2, -0.15) is 0 Å². The largest absolute Gasteiger partial charge is 0.371 e. The van der Waals surface area contributed by atoms with Crippen LogP contribution in [-0.4, -0.2) is 13.1 Å². The van der Waals surface area contributed by atoms with Gasteiger partial charge in [-0.3, -0.25) is 0 Å². The minimum absolute atomic E-state index is 0.0892. The molecule has 0 bridgehead atoms. The first kappa shape index (κ1) is 12.9. The second-order valence-electron chi connectivity index (χ2n) is 4.97. The van der Waals surface area contributed by atoms with Gasteiger partial charge in [0.25, 0.3) is 0 Å². The van der Waals surface area contributed by atoms with Crippen LogP contribution in [-0.2, 0) is 0 Å². The van der Waals surface area contributed by atoms with E-state index in [0.717, 1.165) is 16.9 Å². The molecule has 0 amide bonds. The molecule has 1 aromatic carbocycles. The average molecular weight is 297 g/mol. The van der Waals surface area contributed by atoms with Crippen molar-refractivity contribution < 1.29 is 0 Å². The quantitative estimate of drug-likeness (QED) is 0.898. The normalized spacial score (nSPS) is 16.9. The fourth-order valence-electron chi connectivity index (χ4n) is 2.19. The van der Waals surface area contributed by atoms with E-state index in [1.165, 1.54) is 30.6 Å². The zero-order valence-electron chi connectivity index (χ0n) is 10.6. The van der Waals surface area contributed by atoms with Crippen LogP contribution < -0.4 is 10.6 Å². The second-order valence-corrected chi connectivity index (χ2v) is 5.89. The van der Waals surface area contributed by atoms with Gasteiger partial charge in [0.1, 0.15) is 0 Å². The molecule has 1 fully saturated rings. The first-order valence-electron chi connectivity index (χ1n) is 6.41. The van der Waals surface area contributed by atoms with Crippen LogP contribution in [0, 0.1) is 5.92 Å². The Balaban J connectivity index is 2.28. The van der Waals surface area contributed by atoms with Crippen LogP contribution in [0.15, 0.2) is 22.7 Å². The van der Waals surface area contributed by atoms with Crippen LogP contribution >= 0.6 is 15.9 Å². The highest BCUT2D eigenvalue weighted by molar-refractivity contribution is 9.10. The van der Waals surface area contributed by atoms with Crippen LogP contribution in [0.1, 0.15) is 38.3 Å². The Morgan fingerprint density at radius 1 is 1.47 bits per heavy atom. The number of benzene rings is 1. The summed E-state index contributed by atoms with van der Waals surface area (Å²) in [5.41, 5.74) is 8.60. The maximum atomic E-state index is 6.06. The lowest BCUT2D eigenvalue weighted by Crippen LogP contribution is -2.27. The lowest BCUT2D eigenvalue weighted by atomic mass is 10.1. The predicted octanol–water partition coefficient (Wildman–Crippen LogP) is 3.71. The third-order valence-electron chi connectivity index (χ3n) is 3.38. The van der Waals surface area contributed by atoms with E-state index in [4.69, 9.17) is 5.73 Å².